The molecule has 0 radical (unpaired) electrons. The van der Waals surface area contributed by atoms with Crippen LogP contribution in [0.2, 0.25) is 0 Å². The molecule has 34 heavy (non-hydrogen) atoms. The molecular weight excluding hydrogens is 486 g/mol. The highest BCUT2D eigenvalue weighted by Crippen LogP contribution is 2.37. The van der Waals surface area contributed by atoms with Crippen LogP contribution in [0.25, 0.3) is 11.1 Å². The van der Waals surface area contributed by atoms with Gasteiger partial charge in [-0.2, -0.15) is 16.8 Å². The summed E-state index contributed by atoms with van der Waals surface area (Å²) in [7, 11) is -9.77. The molecule has 12 heteroatoms. The molecule has 3 aromatic carbocycles. The standard InChI is InChI=1S/C22H15NO9S2/c1-12-2-5-15(19(8-12)33(27,28)29)16-7-4-14(10-20(16)34(30,31)32)23-21(25)17-6-3-13(11-24)9-18(17)22(23)26/h2-11H,1H3,(H,27,28,29)(H,30,31,32). The van der Waals surface area contributed by atoms with Crippen LogP contribution in [0.5, 0.6) is 0 Å². The molecule has 1 aliphatic rings. The van der Waals surface area contributed by atoms with Crippen LogP contribution in [0, 0.1) is 6.92 Å². The van der Waals surface area contributed by atoms with Crippen molar-refractivity contribution >= 4 is 44.0 Å². The Morgan fingerprint density at radius 1 is 0.706 bits per heavy atom. The van der Waals surface area contributed by atoms with Gasteiger partial charge in [-0.1, -0.05) is 24.3 Å². The predicted molar refractivity (Wildman–Crippen MR) is 119 cm³/mol. The molecule has 3 aromatic rings. The van der Waals surface area contributed by atoms with E-state index in [0.717, 1.165) is 18.2 Å². The maximum Gasteiger partial charge on any atom is 0.295 e. The quantitative estimate of drug-likeness (QED) is 0.304. The second kappa shape index (κ2) is 7.95. The SMILES string of the molecule is Cc1ccc(-c2ccc(N3C(=O)c4ccc(C=O)cc4C3=O)cc2S(=O)(=O)O)c(S(=O)(=O)O)c1. The lowest BCUT2D eigenvalue weighted by molar-refractivity contribution is 0.0925. The van der Waals surface area contributed by atoms with Gasteiger partial charge in [0, 0.05) is 16.7 Å². The fraction of sp³-hybridized carbons (Fsp3) is 0.0455. The maximum absolute atomic E-state index is 12.9. The number of carbonyl (C=O) groups is 3. The van der Waals surface area contributed by atoms with Gasteiger partial charge in [0.05, 0.1) is 16.8 Å². The van der Waals surface area contributed by atoms with Gasteiger partial charge in [0.2, 0.25) is 0 Å². The Kier molecular flexibility index (Phi) is 5.49. The number of anilines is 1. The van der Waals surface area contributed by atoms with Crippen LogP contribution in [0.1, 0.15) is 36.6 Å². The van der Waals surface area contributed by atoms with Gasteiger partial charge in [-0.05, 0) is 42.8 Å². The molecule has 10 nitrogen and oxygen atoms in total. The highest BCUT2D eigenvalue weighted by atomic mass is 32.2. The largest absolute Gasteiger partial charge is 0.298 e. The molecule has 2 N–H and O–H groups in total. The highest BCUT2D eigenvalue weighted by molar-refractivity contribution is 7.86. The van der Waals surface area contributed by atoms with Crippen molar-refractivity contribution in [3.05, 3.63) is 76.9 Å². The number of aryl methyl sites for hydroxylation is 1. The topological polar surface area (TPSA) is 163 Å². The van der Waals surface area contributed by atoms with Crippen molar-refractivity contribution in [3.8, 4) is 11.1 Å². The van der Waals surface area contributed by atoms with E-state index in [1.807, 2.05) is 0 Å². The highest BCUT2D eigenvalue weighted by Gasteiger charge is 2.37. The van der Waals surface area contributed by atoms with E-state index in [9.17, 15) is 40.3 Å². The summed E-state index contributed by atoms with van der Waals surface area (Å²) in [6.07, 6.45) is 0.500. The van der Waals surface area contributed by atoms with Gasteiger partial charge in [0.25, 0.3) is 32.1 Å². The summed E-state index contributed by atoms with van der Waals surface area (Å²) in [5, 5.41) is 0. The summed E-state index contributed by atoms with van der Waals surface area (Å²) >= 11 is 0. The number of hydrogen-bond donors (Lipinski definition) is 2. The van der Waals surface area contributed by atoms with Crippen LogP contribution >= 0.6 is 0 Å². The van der Waals surface area contributed by atoms with Crippen molar-refractivity contribution in [1.82, 2.24) is 0 Å². The Labute approximate surface area is 194 Å². The Balaban J connectivity index is 1.92. The van der Waals surface area contributed by atoms with Crippen molar-refractivity contribution in [3.63, 3.8) is 0 Å². The van der Waals surface area contributed by atoms with Crippen LogP contribution in [0.15, 0.2) is 64.4 Å². The second-order valence-electron chi connectivity index (χ2n) is 7.50. The Hall–Kier alpha value is -3.71. The minimum atomic E-state index is -4.99. The molecule has 0 spiro atoms. The van der Waals surface area contributed by atoms with Gasteiger partial charge in [-0.25, -0.2) is 4.90 Å². The Morgan fingerprint density at radius 3 is 1.82 bits per heavy atom. The molecular formula is C22H15NO9S2. The first-order valence-electron chi connectivity index (χ1n) is 9.51. The summed E-state index contributed by atoms with van der Waals surface area (Å²) in [5.74, 6) is -1.59. The van der Waals surface area contributed by atoms with Crippen molar-refractivity contribution in [2.24, 2.45) is 0 Å². The lowest BCUT2D eigenvalue weighted by Crippen LogP contribution is -2.29. The maximum atomic E-state index is 12.9. The fourth-order valence-electron chi connectivity index (χ4n) is 3.72. The number of carbonyl (C=O) groups excluding carboxylic acids is 3. The molecule has 0 atom stereocenters. The van der Waals surface area contributed by atoms with E-state index in [4.69, 9.17) is 0 Å². The molecule has 0 aromatic heterocycles. The van der Waals surface area contributed by atoms with E-state index in [1.54, 1.807) is 6.92 Å². The van der Waals surface area contributed by atoms with Crippen molar-refractivity contribution in [2.75, 3.05) is 4.90 Å². The van der Waals surface area contributed by atoms with Crippen molar-refractivity contribution in [1.29, 1.82) is 0 Å². The molecule has 0 bridgehead atoms. The summed E-state index contributed by atoms with van der Waals surface area (Å²) < 4.78 is 67.7. The van der Waals surface area contributed by atoms with E-state index in [-0.39, 0.29) is 33.5 Å². The number of benzene rings is 3. The van der Waals surface area contributed by atoms with Gasteiger partial charge >= 0.3 is 0 Å². The van der Waals surface area contributed by atoms with E-state index in [0.29, 0.717) is 16.7 Å². The number of nitrogens with zero attached hydrogens (tertiary/aromatic N) is 1. The van der Waals surface area contributed by atoms with Gasteiger partial charge in [0.15, 0.2) is 0 Å². The monoisotopic (exact) mass is 501 g/mol. The lowest BCUT2D eigenvalue weighted by Gasteiger charge is -2.17. The summed E-state index contributed by atoms with van der Waals surface area (Å²) in [6.45, 7) is 1.56. The lowest BCUT2D eigenvalue weighted by atomic mass is 10.0. The zero-order valence-corrected chi connectivity index (χ0v) is 18.9. The number of imide groups is 1. The van der Waals surface area contributed by atoms with E-state index in [1.165, 1.54) is 36.4 Å². The smallest absolute Gasteiger partial charge is 0.295 e. The first-order valence-corrected chi connectivity index (χ1v) is 12.4. The van der Waals surface area contributed by atoms with E-state index in [2.05, 4.69) is 0 Å². The van der Waals surface area contributed by atoms with Crippen molar-refractivity contribution < 1.29 is 40.3 Å². The summed E-state index contributed by atoms with van der Waals surface area (Å²) in [5.41, 5.74) is -0.144. The summed E-state index contributed by atoms with van der Waals surface area (Å²) in [6, 6.07) is 10.9. The van der Waals surface area contributed by atoms with Gasteiger partial charge in [-0.3, -0.25) is 23.5 Å². The number of amides is 2. The van der Waals surface area contributed by atoms with Gasteiger partial charge in [-0.15, -0.1) is 0 Å². The molecule has 4 rings (SSSR count). The third-order valence-corrected chi connectivity index (χ3v) is 7.04. The Morgan fingerprint density at radius 2 is 1.24 bits per heavy atom. The molecule has 0 unspecified atom stereocenters. The van der Waals surface area contributed by atoms with Crippen LogP contribution in [-0.2, 0) is 20.2 Å². The molecule has 2 amide bonds. The molecule has 174 valence electrons. The number of aldehydes is 1. The van der Waals surface area contributed by atoms with Crippen LogP contribution in [0.3, 0.4) is 0 Å². The van der Waals surface area contributed by atoms with E-state index < -0.39 is 41.8 Å². The van der Waals surface area contributed by atoms with Crippen molar-refractivity contribution in [2.45, 2.75) is 16.7 Å². The molecule has 0 saturated heterocycles. The first kappa shape index (κ1) is 23.4. The minimum Gasteiger partial charge on any atom is -0.298 e. The molecule has 0 saturated carbocycles. The zero-order chi connectivity index (χ0) is 25.0. The van der Waals surface area contributed by atoms with Crippen LogP contribution < -0.4 is 4.90 Å². The summed E-state index contributed by atoms with van der Waals surface area (Å²) in [4.78, 5) is 36.0. The predicted octanol–water partition coefficient (Wildman–Crippen LogP) is 2.77. The van der Waals surface area contributed by atoms with Crippen LogP contribution in [0.4, 0.5) is 5.69 Å². The van der Waals surface area contributed by atoms with Gasteiger partial charge < -0.3 is 0 Å². The number of fused-ring (bicyclic) bond motifs is 1. The third kappa shape index (κ3) is 3.92. The van der Waals surface area contributed by atoms with Gasteiger partial charge in [0.1, 0.15) is 16.1 Å². The molecule has 0 aliphatic carbocycles. The average molecular weight is 501 g/mol. The molecule has 1 heterocycles. The normalized spacial score (nSPS) is 13.8. The average Bonchev–Trinajstić information content (AvgIpc) is 3.01. The number of hydrogen-bond acceptors (Lipinski definition) is 7. The molecule has 0 fully saturated rings. The minimum absolute atomic E-state index is 0.000256. The fourth-order valence-corrected chi connectivity index (χ4v) is 5.23. The Bertz CT molecular complexity index is 1620. The third-order valence-electron chi connectivity index (χ3n) is 5.25. The number of rotatable bonds is 5. The zero-order valence-electron chi connectivity index (χ0n) is 17.3. The molecule has 1 aliphatic heterocycles. The first-order chi connectivity index (χ1) is 15.8. The van der Waals surface area contributed by atoms with Crippen LogP contribution in [-0.4, -0.2) is 44.0 Å². The second-order valence-corrected chi connectivity index (χ2v) is 10.3. The van der Waals surface area contributed by atoms with E-state index >= 15 is 0 Å².